The van der Waals surface area contributed by atoms with Gasteiger partial charge in [0.25, 0.3) is 5.91 Å². The Bertz CT molecular complexity index is 811. The molecule has 4 nitrogen and oxygen atoms in total. The molecular formula is C18H19NO3S. The van der Waals surface area contributed by atoms with Gasteiger partial charge in [-0.15, -0.1) is 0 Å². The Hall–Kier alpha value is -2.40. The van der Waals surface area contributed by atoms with Crippen LogP contribution in [0.1, 0.15) is 29.8 Å². The Labute approximate surface area is 139 Å². The van der Waals surface area contributed by atoms with Gasteiger partial charge < -0.3 is 14.3 Å². The van der Waals surface area contributed by atoms with Gasteiger partial charge in [-0.25, -0.2) is 0 Å². The molecule has 3 aromatic rings. The van der Waals surface area contributed by atoms with Crippen LogP contribution in [0.2, 0.25) is 0 Å². The fourth-order valence-corrected chi connectivity index (χ4v) is 2.84. The number of fused-ring (bicyclic) bond motifs is 1. The van der Waals surface area contributed by atoms with Gasteiger partial charge in [-0.1, -0.05) is 26.0 Å². The van der Waals surface area contributed by atoms with Crippen molar-refractivity contribution in [3.8, 4) is 5.75 Å². The van der Waals surface area contributed by atoms with E-state index in [4.69, 9.17) is 14.3 Å². The van der Waals surface area contributed by atoms with Crippen molar-refractivity contribution in [3.63, 3.8) is 0 Å². The van der Waals surface area contributed by atoms with Crippen LogP contribution in [0.5, 0.6) is 5.75 Å². The number of furan rings is 1. The Balaban J connectivity index is 0.000000924. The van der Waals surface area contributed by atoms with E-state index in [-0.39, 0.29) is 0 Å². The van der Waals surface area contributed by atoms with Gasteiger partial charge in [0.2, 0.25) is 0 Å². The molecule has 0 spiro atoms. The lowest BCUT2D eigenvalue weighted by molar-refractivity contribution is 0.0999. The number of nitrogens with two attached hydrogens (primary N) is 1. The van der Waals surface area contributed by atoms with Gasteiger partial charge >= 0.3 is 0 Å². The predicted octanol–water partition coefficient (Wildman–Crippen LogP) is 4.95. The lowest BCUT2D eigenvalue weighted by atomic mass is 10.2. The van der Waals surface area contributed by atoms with Crippen molar-refractivity contribution in [2.45, 2.75) is 25.7 Å². The van der Waals surface area contributed by atoms with Crippen LogP contribution >= 0.6 is 12.0 Å². The molecule has 1 amide bonds. The van der Waals surface area contributed by atoms with Gasteiger partial charge in [-0.3, -0.25) is 4.79 Å². The number of carbonyl (C=O) groups is 1. The van der Waals surface area contributed by atoms with Gasteiger partial charge in [0, 0.05) is 10.3 Å². The third-order valence-corrected chi connectivity index (χ3v) is 3.78. The maximum atomic E-state index is 11.3. The van der Waals surface area contributed by atoms with Crippen molar-refractivity contribution in [1.82, 2.24) is 0 Å². The molecule has 0 radical (unpaired) electrons. The van der Waals surface area contributed by atoms with Crippen molar-refractivity contribution >= 4 is 28.9 Å². The number of para-hydroxylation sites is 1. The summed E-state index contributed by atoms with van der Waals surface area (Å²) in [4.78, 5) is 12.3. The molecule has 3 rings (SSSR count). The van der Waals surface area contributed by atoms with E-state index >= 15 is 0 Å². The van der Waals surface area contributed by atoms with Crippen LogP contribution in [0.25, 0.3) is 11.0 Å². The van der Waals surface area contributed by atoms with E-state index in [2.05, 4.69) is 0 Å². The van der Waals surface area contributed by atoms with Crippen LogP contribution in [0.15, 0.2) is 58.0 Å². The highest BCUT2D eigenvalue weighted by atomic mass is 32.2. The van der Waals surface area contributed by atoms with Gasteiger partial charge in [0.1, 0.15) is 5.58 Å². The predicted molar refractivity (Wildman–Crippen MR) is 93.7 cm³/mol. The zero-order chi connectivity index (χ0) is 16.8. The van der Waals surface area contributed by atoms with Crippen LogP contribution in [0.4, 0.5) is 0 Å². The number of hydrogen-bond acceptors (Lipinski definition) is 4. The molecule has 0 unspecified atom stereocenters. The van der Waals surface area contributed by atoms with E-state index in [0.717, 1.165) is 21.4 Å². The molecule has 0 bridgehead atoms. The van der Waals surface area contributed by atoms with Crippen molar-refractivity contribution < 1.29 is 13.4 Å². The summed E-state index contributed by atoms with van der Waals surface area (Å²) in [5, 5.41) is 1.02. The van der Waals surface area contributed by atoms with Gasteiger partial charge in [-0.2, -0.15) is 0 Å². The molecular weight excluding hydrogens is 310 g/mol. The molecule has 1 heterocycles. The minimum atomic E-state index is -0.507. The van der Waals surface area contributed by atoms with E-state index < -0.39 is 5.91 Å². The first-order valence-corrected chi connectivity index (χ1v) is 8.10. The summed E-state index contributed by atoms with van der Waals surface area (Å²) in [5.41, 5.74) is 7.60. The SMILES string of the molecule is CC.Cc1cc(SOc2ccccc2C(N)=O)cc2ccoc12. The molecule has 23 heavy (non-hydrogen) atoms. The molecule has 2 aromatic carbocycles. The summed E-state index contributed by atoms with van der Waals surface area (Å²) in [6.07, 6.45) is 1.66. The zero-order valence-electron chi connectivity index (χ0n) is 13.3. The monoisotopic (exact) mass is 329 g/mol. The molecule has 120 valence electrons. The second-order valence-electron chi connectivity index (χ2n) is 4.61. The molecule has 5 heteroatoms. The van der Waals surface area contributed by atoms with E-state index in [9.17, 15) is 4.79 Å². The second kappa shape index (κ2) is 7.74. The highest BCUT2D eigenvalue weighted by molar-refractivity contribution is 7.95. The second-order valence-corrected chi connectivity index (χ2v) is 5.41. The normalized spacial score (nSPS) is 10.0. The minimum absolute atomic E-state index is 0.367. The fourth-order valence-electron chi connectivity index (χ4n) is 2.11. The third-order valence-electron chi connectivity index (χ3n) is 3.09. The number of carbonyl (C=O) groups excluding carboxylic acids is 1. The van der Waals surface area contributed by atoms with Crippen LogP contribution in [-0.2, 0) is 0 Å². The van der Waals surface area contributed by atoms with Crippen LogP contribution in [0.3, 0.4) is 0 Å². The van der Waals surface area contributed by atoms with Gasteiger partial charge in [-0.05, 0) is 42.8 Å². The lowest BCUT2D eigenvalue weighted by Gasteiger charge is -2.08. The largest absolute Gasteiger partial charge is 0.464 e. The Morgan fingerprint density at radius 2 is 1.91 bits per heavy atom. The molecule has 0 atom stereocenters. The summed E-state index contributed by atoms with van der Waals surface area (Å²) >= 11 is 1.19. The summed E-state index contributed by atoms with van der Waals surface area (Å²) < 4.78 is 11.1. The lowest BCUT2D eigenvalue weighted by Crippen LogP contribution is -2.11. The van der Waals surface area contributed by atoms with E-state index in [0.29, 0.717) is 11.3 Å². The fraction of sp³-hybridized carbons (Fsp3) is 0.167. The van der Waals surface area contributed by atoms with E-state index in [1.165, 1.54) is 12.0 Å². The quantitative estimate of drug-likeness (QED) is 0.688. The molecule has 0 saturated carbocycles. The zero-order valence-corrected chi connectivity index (χ0v) is 14.1. The van der Waals surface area contributed by atoms with Crippen molar-refractivity contribution in [1.29, 1.82) is 0 Å². The highest BCUT2D eigenvalue weighted by Gasteiger charge is 2.10. The molecule has 0 aliphatic rings. The minimum Gasteiger partial charge on any atom is -0.464 e. The number of primary amides is 1. The summed E-state index contributed by atoms with van der Waals surface area (Å²) in [5.74, 6) is -0.0485. The van der Waals surface area contributed by atoms with Crippen LogP contribution in [-0.4, -0.2) is 5.91 Å². The smallest absolute Gasteiger partial charge is 0.252 e. The number of amides is 1. The maximum Gasteiger partial charge on any atom is 0.252 e. The summed E-state index contributed by atoms with van der Waals surface area (Å²) in [7, 11) is 0. The van der Waals surface area contributed by atoms with Crippen LogP contribution in [0, 0.1) is 6.92 Å². The molecule has 1 aromatic heterocycles. The van der Waals surface area contributed by atoms with Crippen molar-refractivity contribution in [3.05, 3.63) is 59.9 Å². The maximum absolute atomic E-state index is 11.3. The van der Waals surface area contributed by atoms with Crippen molar-refractivity contribution in [2.24, 2.45) is 5.73 Å². The topological polar surface area (TPSA) is 65.5 Å². The first kappa shape index (κ1) is 17.0. The molecule has 0 saturated heterocycles. The average molecular weight is 329 g/mol. The Kier molecular flexibility index (Phi) is 5.71. The van der Waals surface area contributed by atoms with E-state index in [1.807, 2.05) is 39.0 Å². The average Bonchev–Trinajstić information content (AvgIpc) is 3.04. The van der Waals surface area contributed by atoms with Crippen LogP contribution < -0.4 is 9.92 Å². The highest BCUT2D eigenvalue weighted by Crippen LogP contribution is 2.30. The molecule has 2 N–H and O–H groups in total. The number of benzene rings is 2. The molecule has 0 aliphatic carbocycles. The van der Waals surface area contributed by atoms with Gasteiger partial charge in [0.05, 0.1) is 23.9 Å². The standard InChI is InChI=1S/C16H13NO3S.C2H6/c1-10-8-12(9-11-6-7-19-15(10)11)21-20-14-5-3-2-4-13(14)16(17)18;1-2/h2-9H,1H3,(H2,17,18);1-2H3. The Morgan fingerprint density at radius 3 is 2.65 bits per heavy atom. The third kappa shape index (κ3) is 3.87. The van der Waals surface area contributed by atoms with Crippen molar-refractivity contribution in [2.75, 3.05) is 0 Å². The first-order valence-electron chi connectivity index (χ1n) is 7.36. The number of aryl methyl sites for hydroxylation is 1. The first-order chi connectivity index (χ1) is 11.1. The number of hydrogen-bond donors (Lipinski definition) is 1. The Morgan fingerprint density at radius 1 is 1.17 bits per heavy atom. The summed E-state index contributed by atoms with van der Waals surface area (Å²) in [6, 6.07) is 12.8. The van der Waals surface area contributed by atoms with E-state index in [1.54, 1.807) is 30.5 Å². The van der Waals surface area contributed by atoms with Gasteiger partial charge in [0.15, 0.2) is 5.75 Å². The number of rotatable bonds is 4. The molecule has 0 fully saturated rings. The molecule has 0 aliphatic heterocycles. The summed E-state index contributed by atoms with van der Waals surface area (Å²) in [6.45, 7) is 5.98.